The maximum Gasteiger partial charge on any atom is 0.330 e. The van der Waals surface area contributed by atoms with Crippen LogP contribution < -0.4 is 14.8 Å². The number of hydrogen-bond acceptors (Lipinski definition) is 4. The van der Waals surface area contributed by atoms with E-state index in [0.29, 0.717) is 11.5 Å². The number of hydrogen-bond donors (Lipinski definition) is 1. The van der Waals surface area contributed by atoms with Gasteiger partial charge in [0.15, 0.2) is 0 Å². The average molecular weight is 313 g/mol. The fourth-order valence-electron chi connectivity index (χ4n) is 2.03. The number of esters is 1. The van der Waals surface area contributed by atoms with E-state index in [2.05, 4.69) is 5.32 Å². The summed E-state index contributed by atoms with van der Waals surface area (Å²) in [5.41, 5.74) is 1.68. The first-order valence-electron chi connectivity index (χ1n) is 7.24. The smallest absolute Gasteiger partial charge is 0.330 e. The summed E-state index contributed by atoms with van der Waals surface area (Å²) in [4.78, 5) is 23.6. The minimum Gasteiger partial charge on any atom is -0.497 e. The van der Waals surface area contributed by atoms with Crippen molar-refractivity contribution < 1.29 is 19.1 Å². The van der Waals surface area contributed by atoms with Gasteiger partial charge in [0.1, 0.15) is 18.0 Å². The van der Waals surface area contributed by atoms with Crippen LogP contribution in [-0.4, -0.2) is 25.5 Å². The molecule has 0 saturated carbocycles. The maximum atomic E-state index is 11.9. The first-order valence-corrected chi connectivity index (χ1v) is 7.24. The predicted molar refractivity (Wildman–Crippen MR) is 86.5 cm³/mol. The van der Waals surface area contributed by atoms with Crippen LogP contribution in [0, 0.1) is 6.92 Å². The molecule has 1 amide bonds. The first-order chi connectivity index (χ1) is 11.1. The molecule has 0 unspecified atom stereocenters. The van der Waals surface area contributed by atoms with Crippen LogP contribution in [0.1, 0.15) is 11.1 Å². The molecule has 0 radical (unpaired) electrons. The van der Waals surface area contributed by atoms with Crippen molar-refractivity contribution in [1.29, 1.82) is 0 Å². The summed E-state index contributed by atoms with van der Waals surface area (Å²) in [5, 5.41) is 2.55. The molecule has 5 heteroatoms. The van der Waals surface area contributed by atoms with Crippen LogP contribution in [0.15, 0.2) is 48.5 Å². The molecule has 0 aliphatic carbocycles. The van der Waals surface area contributed by atoms with Gasteiger partial charge in [-0.25, -0.2) is 4.79 Å². The molecule has 5 nitrogen and oxygen atoms in total. The highest BCUT2D eigenvalue weighted by Crippen LogP contribution is 2.16. The number of carbonyl (C=O) groups is 2. The van der Waals surface area contributed by atoms with Crippen molar-refractivity contribution in [3.8, 4) is 11.5 Å². The molecule has 120 valence electrons. The third-order valence-corrected chi connectivity index (χ3v) is 3.25. The number of amides is 1. The summed E-state index contributed by atoms with van der Waals surface area (Å²) < 4.78 is 10.3. The third kappa shape index (κ3) is 5.14. The highest BCUT2D eigenvalue weighted by atomic mass is 16.5. The van der Waals surface area contributed by atoms with Crippen LogP contribution in [-0.2, 0) is 16.0 Å². The molecule has 1 N–H and O–H groups in total. The fourth-order valence-corrected chi connectivity index (χ4v) is 2.03. The number of nitrogens with one attached hydrogen (secondary N) is 1. The normalized spacial score (nSPS) is 10.0. The molecule has 23 heavy (non-hydrogen) atoms. The molecule has 0 aromatic heterocycles. The van der Waals surface area contributed by atoms with Crippen LogP contribution in [0.25, 0.3) is 0 Å². The van der Waals surface area contributed by atoms with E-state index in [-0.39, 0.29) is 18.9 Å². The Kier molecular flexibility index (Phi) is 5.74. The van der Waals surface area contributed by atoms with Gasteiger partial charge >= 0.3 is 5.97 Å². The molecule has 0 aliphatic rings. The zero-order valence-electron chi connectivity index (χ0n) is 13.2. The van der Waals surface area contributed by atoms with Gasteiger partial charge in [-0.2, -0.15) is 0 Å². The van der Waals surface area contributed by atoms with E-state index in [0.717, 1.165) is 11.1 Å². The number of methoxy groups -OCH3 is 1. The molecule has 2 rings (SSSR count). The Hall–Kier alpha value is -2.82. The Bertz CT molecular complexity index is 697. The van der Waals surface area contributed by atoms with Crippen molar-refractivity contribution in [3.63, 3.8) is 0 Å². The van der Waals surface area contributed by atoms with E-state index >= 15 is 0 Å². The lowest BCUT2D eigenvalue weighted by molar-refractivity contribution is -0.135. The Morgan fingerprint density at radius 1 is 1.09 bits per heavy atom. The second-order valence-corrected chi connectivity index (χ2v) is 5.04. The van der Waals surface area contributed by atoms with Gasteiger partial charge in [0.05, 0.1) is 13.5 Å². The second kappa shape index (κ2) is 7.98. The molecule has 0 atom stereocenters. The minimum atomic E-state index is -0.502. The van der Waals surface area contributed by atoms with Gasteiger partial charge in [0.25, 0.3) is 0 Å². The Balaban J connectivity index is 1.82. The van der Waals surface area contributed by atoms with Crippen molar-refractivity contribution in [2.45, 2.75) is 13.3 Å². The Morgan fingerprint density at radius 3 is 2.61 bits per heavy atom. The fraction of sp³-hybridized carbons (Fsp3) is 0.222. The molecule has 0 spiro atoms. The van der Waals surface area contributed by atoms with Crippen LogP contribution in [0.4, 0.5) is 0 Å². The molecule has 0 aliphatic heterocycles. The molecule has 0 bridgehead atoms. The van der Waals surface area contributed by atoms with E-state index in [9.17, 15) is 9.59 Å². The third-order valence-electron chi connectivity index (χ3n) is 3.25. The van der Waals surface area contributed by atoms with Crippen LogP contribution >= 0.6 is 0 Å². The molecular weight excluding hydrogens is 294 g/mol. The van der Waals surface area contributed by atoms with Gasteiger partial charge in [-0.15, -0.1) is 0 Å². The zero-order valence-corrected chi connectivity index (χ0v) is 13.2. The van der Waals surface area contributed by atoms with Gasteiger partial charge in [-0.1, -0.05) is 30.3 Å². The number of para-hydroxylation sites is 1. The molecule has 2 aromatic carbocycles. The number of rotatable bonds is 6. The maximum absolute atomic E-state index is 11.9. The summed E-state index contributed by atoms with van der Waals surface area (Å²) in [6.07, 6.45) is 0.175. The Morgan fingerprint density at radius 2 is 1.87 bits per heavy atom. The topological polar surface area (TPSA) is 64.6 Å². The van der Waals surface area contributed by atoms with Crippen LogP contribution in [0.3, 0.4) is 0 Å². The van der Waals surface area contributed by atoms with Crippen molar-refractivity contribution in [2.75, 3.05) is 13.7 Å². The predicted octanol–water partition coefficient (Wildman–Crippen LogP) is 2.27. The van der Waals surface area contributed by atoms with E-state index in [4.69, 9.17) is 9.47 Å². The molecule has 0 heterocycles. The van der Waals surface area contributed by atoms with E-state index < -0.39 is 5.97 Å². The Labute approximate surface area is 135 Å². The highest BCUT2D eigenvalue weighted by Gasteiger charge is 2.10. The van der Waals surface area contributed by atoms with Crippen molar-refractivity contribution >= 4 is 11.9 Å². The first kappa shape index (κ1) is 16.5. The van der Waals surface area contributed by atoms with Crippen molar-refractivity contribution in [3.05, 3.63) is 59.7 Å². The molecular formula is C18H19NO4. The standard InChI is InChI=1S/C18H19NO4/c1-13-6-3-4-9-16(13)23-18(21)12-19-17(20)11-14-7-5-8-15(10-14)22-2/h3-10H,11-12H2,1-2H3,(H,19,20). The lowest BCUT2D eigenvalue weighted by Gasteiger charge is -2.08. The minimum absolute atomic E-state index is 0.170. The second-order valence-electron chi connectivity index (χ2n) is 5.04. The summed E-state index contributed by atoms with van der Waals surface area (Å²) in [5.74, 6) is 0.437. The molecule has 0 saturated heterocycles. The largest absolute Gasteiger partial charge is 0.497 e. The monoisotopic (exact) mass is 313 g/mol. The van der Waals surface area contributed by atoms with Crippen molar-refractivity contribution in [1.82, 2.24) is 5.32 Å². The summed E-state index contributed by atoms with van der Waals surface area (Å²) in [7, 11) is 1.57. The van der Waals surface area contributed by atoms with Gasteiger partial charge in [-0.3, -0.25) is 4.79 Å². The quantitative estimate of drug-likeness (QED) is 0.656. The number of aryl methyl sites for hydroxylation is 1. The van der Waals surface area contributed by atoms with Gasteiger partial charge in [0, 0.05) is 0 Å². The average Bonchev–Trinajstić information content (AvgIpc) is 2.55. The number of carbonyl (C=O) groups excluding carboxylic acids is 2. The summed E-state index contributed by atoms with van der Waals surface area (Å²) in [6, 6.07) is 14.4. The lowest BCUT2D eigenvalue weighted by Crippen LogP contribution is -2.33. The summed E-state index contributed by atoms with van der Waals surface area (Å²) in [6.45, 7) is 1.68. The van der Waals surface area contributed by atoms with Gasteiger partial charge < -0.3 is 14.8 Å². The lowest BCUT2D eigenvalue weighted by atomic mass is 10.1. The zero-order chi connectivity index (χ0) is 16.7. The molecule has 0 fully saturated rings. The molecule has 2 aromatic rings. The van der Waals surface area contributed by atoms with Crippen molar-refractivity contribution in [2.24, 2.45) is 0 Å². The van der Waals surface area contributed by atoms with E-state index in [1.54, 1.807) is 31.4 Å². The van der Waals surface area contributed by atoms with Crippen LogP contribution in [0.2, 0.25) is 0 Å². The number of benzene rings is 2. The van der Waals surface area contributed by atoms with E-state index in [1.165, 1.54) is 0 Å². The van der Waals surface area contributed by atoms with E-state index in [1.807, 2.05) is 31.2 Å². The SMILES string of the molecule is COc1cccc(CC(=O)NCC(=O)Oc2ccccc2C)c1. The highest BCUT2D eigenvalue weighted by molar-refractivity contribution is 5.84. The van der Waals surface area contributed by atoms with Gasteiger partial charge in [-0.05, 0) is 36.2 Å². The van der Waals surface area contributed by atoms with Crippen LogP contribution in [0.5, 0.6) is 11.5 Å². The van der Waals surface area contributed by atoms with Gasteiger partial charge in [0.2, 0.25) is 5.91 Å². The summed E-state index contributed by atoms with van der Waals surface area (Å²) >= 11 is 0. The number of ether oxygens (including phenoxy) is 2.